The zero-order chi connectivity index (χ0) is 12.4. The highest BCUT2D eigenvalue weighted by molar-refractivity contribution is 9.10. The van der Waals surface area contributed by atoms with Crippen LogP contribution in [-0.2, 0) is 16.1 Å². The predicted molar refractivity (Wildman–Crippen MR) is 72.0 cm³/mol. The molecular formula is C12H16BrNO2S. The van der Waals surface area contributed by atoms with Crippen LogP contribution in [0.25, 0.3) is 0 Å². The third-order valence-electron chi connectivity index (χ3n) is 3.02. The number of carbonyl (C=O) groups excluding carboxylic acids is 1. The molecule has 0 saturated carbocycles. The first-order valence-electron chi connectivity index (χ1n) is 5.67. The third kappa shape index (κ3) is 3.09. The van der Waals surface area contributed by atoms with Crippen molar-refractivity contribution in [2.75, 3.05) is 13.7 Å². The molecule has 5 heteroatoms. The summed E-state index contributed by atoms with van der Waals surface area (Å²) in [7, 11) is 1.84. The van der Waals surface area contributed by atoms with Crippen LogP contribution < -0.4 is 0 Å². The van der Waals surface area contributed by atoms with Crippen LogP contribution in [0.4, 0.5) is 0 Å². The van der Waals surface area contributed by atoms with E-state index in [0.717, 1.165) is 10.9 Å². The Morgan fingerprint density at radius 2 is 2.47 bits per heavy atom. The Hall–Kier alpha value is -0.390. The lowest BCUT2D eigenvalue weighted by Gasteiger charge is -2.22. The number of hydrogen-bond acceptors (Lipinski definition) is 3. The van der Waals surface area contributed by atoms with Gasteiger partial charge in [-0.3, -0.25) is 4.79 Å². The van der Waals surface area contributed by atoms with Gasteiger partial charge in [0.15, 0.2) is 0 Å². The maximum Gasteiger partial charge on any atom is 0.252 e. The first kappa shape index (κ1) is 13.1. The van der Waals surface area contributed by atoms with Gasteiger partial charge in [0.25, 0.3) is 5.91 Å². The van der Waals surface area contributed by atoms with Gasteiger partial charge in [0.05, 0.1) is 6.54 Å². The van der Waals surface area contributed by atoms with E-state index in [1.165, 1.54) is 4.88 Å². The molecule has 2 atom stereocenters. The minimum absolute atomic E-state index is 0.0968. The molecule has 94 valence electrons. The van der Waals surface area contributed by atoms with Gasteiger partial charge in [0.1, 0.15) is 6.10 Å². The molecule has 17 heavy (non-hydrogen) atoms. The highest BCUT2D eigenvalue weighted by atomic mass is 79.9. The van der Waals surface area contributed by atoms with E-state index in [1.54, 1.807) is 16.2 Å². The number of thiophene rings is 1. The number of rotatable bonds is 3. The summed E-state index contributed by atoms with van der Waals surface area (Å²) in [5.41, 5.74) is 0. The molecule has 0 aliphatic carbocycles. The summed E-state index contributed by atoms with van der Waals surface area (Å²) in [6, 6.07) is 2.05. The summed E-state index contributed by atoms with van der Waals surface area (Å²) < 4.78 is 6.57. The van der Waals surface area contributed by atoms with Gasteiger partial charge >= 0.3 is 0 Å². The van der Waals surface area contributed by atoms with Crippen molar-refractivity contribution in [1.29, 1.82) is 0 Å². The standard InChI is InChI=1S/C12H16BrNO2S/c1-8-3-4-16-11(8)12(15)14(2)6-10-5-9(13)7-17-10/h5,7-8,11H,3-4,6H2,1-2H3. The fourth-order valence-corrected chi connectivity index (χ4v) is 3.48. The number of nitrogens with zero attached hydrogens (tertiary/aromatic N) is 1. The summed E-state index contributed by atoms with van der Waals surface area (Å²) in [5.74, 6) is 0.430. The van der Waals surface area contributed by atoms with Crippen LogP contribution >= 0.6 is 27.3 Å². The normalized spacial score (nSPS) is 23.9. The summed E-state index contributed by atoms with van der Waals surface area (Å²) in [6.45, 7) is 3.43. The summed E-state index contributed by atoms with van der Waals surface area (Å²) in [5, 5.41) is 2.03. The van der Waals surface area contributed by atoms with E-state index in [4.69, 9.17) is 4.74 Å². The minimum atomic E-state index is -0.247. The van der Waals surface area contributed by atoms with Crippen molar-refractivity contribution >= 4 is 33.2 Å². The monoisotopic (exact) mass is 317 g/mol. The fraction of sp³-hybridized carbons (Fsp3) is 0.583. The van der Waals surface area contributed by atoms with Gasteiger partial charge in [-0.1, -0.05) is 6.92 Å². The summed E-state index contributed by atoms with van der Waals surface area (Å²) in [4.78, 5) is 15.1. The average molecular weight is 318 g/mol. The fourth-order valence-electron chi connectivity index (χ4n) is 1.98. The summed E-state index contributed by atoms with van der Waals surface area (Å²) >= 11 is 5.07. The average Bonchev–Trinajstić information content (AvgIpc) is 2.86. The highest BCUT2D eigenvalue weighted by Crippen LogP contribution is 2.24. The topological polar surface area (TPSA) is 29.5 Å². The van der Waals surface area contributed by atoms with Crippen LogP contribution in [0.1, 0.15) is 18.2 Å². The van der Waals surface area contributed by atoms with E-state index in [9.17, 15) is 4.79 Å². The lowest BCUT2D eigenvalue weighted by Crippen LogP contribution is -2.38. The number of amides is 1. The molecule has 0 bridgehead atoms. The molecule has 2 unspecified atom stereocenters. The molecular weight excluding hydrogens is 302 g/mol. The molecule has 0 aromatic carbocycles. The molecule has 1 aromatic heterocycles. The van der Waals surface area contributed by atoms with Crippen LogP contribution in [0.2, 0.25) is 0 Å². The molecule has 3 nitrogen and oxygen atoms in total. The Bertz CT molecular complexity index is 407. The van der Waals surface area contributed by atoms with E-state index in [1.807, 2.05) is 18.5 Å². The molecule has 1 aliphatic rings. The van der Waals surface area contributed by atoms with Crippen LogP contribution in [-0.4, -0.2) is 30.6 Å². The third-order valence-corrected chi connectivity index (χ3v) is 4.70. The van der Waals surface area contributed by atoms with Crippen molar-refractivity contribution in [1.82, 2.24) is 4.90 Å². The molecule has 1 aromatic rings. The van der Waals surface area contributed by atoms with Crippen molar-refractivity contribution in [2.24, 2.45) is 5.92 Å². The molecule has 0 spiro atoms. The van der Waals surface area contributed by atoms with Gasteiger partial charge in [-0.25, -0.2) is 0 Å². The molecule has 1 saturated heterocycles. The molecule has 0 radical (unpaired) electrons. The first-order chi connectivity index (χ1) is 8.08. The second kappa shape index (κ2) is 5.50. The zero-order valence-corrected chi connectivity index (χ0v) is 12.4. The Labute approximate surface area is 114 Å². The van der Waals surface area contributed by atoms with Crippen LogP contribution in [0.3, 0.4) is 0 Å². The Balaban J connectivity index is 1.95. The molecule has 1 aliphatic heterocycles. The minimum Gasteiger partial charge on any atom is -0.368 e. The van der Waals surface area contributed by atoms with Gasteiger partial charge < -0.3 is 9.64 Å². The smallest absolute Gasteiger partial charge is 0.252 e. The largest absolute Gasteiger partial charge is 0.368 e. The maximum atomic E-state index is 12.2. The lowest BCUT2D eigenvalue weighted by atomic mass is 10.0. The van der Waals surface area contributed by atoms with E-state index >= 15 is 0 Å². The molecule has 2 rings (SSSR count). The molecule has 2 heterocycles. The SMILES string of the molecule is CC1CCOC1C(=O)N(C)Cc1cc(Br)cs1. The Morgan fingerprint density at radius 3 is 3.00 bits per heavy atom. The zero-order valence-electron chi connectivity index (χ0n) is 9.98. The van der Waals surface area contributed by atoms with Crippen LogP contribution in [0.5, 0.6) is 0 Å². The number of likely N-dealkylation sites (N-methyl/N-ethyl adjacent to an activating group) is 1. The maximum absolute atomic E-state index is 12.2. The van der Waals surface area contributed by atoms with Crippen molar-refractivity contribution in [2.45, 2.75) is 26.0 Å². The van der Waals surface area contributed by atoms with Gasteiger partial charge in [-0.2, -0.15) is 0 Å². The highest BCUT2D eigenvalue weighted by Gasteiger charge is 2.32. The van der Waals surface area contributed by atoms with Crippen molar-refractivity contribution in [3.63, 3.8) is 0 Å². The van der Waals surface area contributed by atoms with Crippen molar-refractivity contribution in [3.8, 4) is 0 Å². The van der Waals surface area contributed by atoms with E-state index in [0.29, 0.717) is 19.1 Å². The molecule has 1 fully saturated rings. The predicted octanol–water partition coefficient (Wildman–Crippen LogP) is 2.89. The second-order valence-corrected chi connectivity index (χ2v) is 6.39. The Morgan fingerprint density at radius 1 is 1.71 bits per heavy atom. The van der Waals surface area contributed by atoms with Gasteiger partial charge in [-0.05, 0) is 34.3 Å². The molecule has 1 amide bonds. The van der Waals surface area contributed by atoms with Gasteiger partial charge in [0.2, 0.25) is 0 Å². The van der Waals surface area contributed by atoms with Crippen LogP contribution in [0.15, 0.2) is 15.9 Å². The molecule has 0 N–H and O–H groups in total. The van der Waals surface area contributed by atoms with Gasteiger partial charge in [-0.15, -0.1) is 11.3 Å². The number of hydrogen-bond donors (Lipinski definition) is 0. The number of halogens is 1. The van der Waals surface area contributed by atoms with Crippen molar-refractivity contribution in [3.05, 3.63) is 20.8 Å². The van der Waals surface area contributed by atoms with Gasteiger partial charge in [0, 0.05) is 28.4 Å². The second-order valence-electron chi connectivity index (χ2n) is 4.48. The van der Waals surface area contributed by atoms with E-state index < -0.39 is 0 Å². The van der Waals surface area contributed by atoms with E-state index in [-0.39, 0.29) is 12.0 Å². The lowest BCUT2D eigenvalue weighted by molar-refractivity contribution is -0.141. The quantitative estimate of drug-likeness (QED) is 0.858. The Kier molecular flexibility index (Phi) is 4.22. The van der Waals surface area contributed by atoms with E-state index in [2.05, 4.69) is 22.9 Å². The number of carbonyl (C=O) groups is 1. The number of ether oxygens (including phenoxy) is 1. The summed E-state index contributed by atoms with van der Waals surface area (Å²) in [6.07, 6.45) is 0.734. The van der Waals surface area contributed by atoms with Crippen LogP contribution in [0, 0.1) is 5.92 Å². The van der Waals surface area contributed by atoms with Crippen molar-refractivity contribution < 1.29 is 9.53 Å². The first-order valence-corrected chi connectivity index (χ1v) is 7.34.